The van der Waals surface area contributed by atoms with Gasteiger partial charge >= 0.3 is 0 Å². The van der Waals surface area contributed by atoms with Crippen molar-refractivity contribution in [3.63, 3.8) is 0 Å². The van der Waals surface area contributed by atoms with Crippen LogP contribution >= 0.6 is 23.2 Å². The van der Waals surface area contributed by atoms with Crippen molar-refractivity contribution in [2.24, 2.45) is 12.1 Å². The molecule has 0 unspecified atom stereocenters. The van der Waals surface area contributed by atoms with Crippen molar-refractivity contribution >= 4 is 35.3 Å². The predicted octanol–water partition coefficient (Wildman–Crippen LogP) is 3.10. The van der Waals surface area contributed by atoms with Crippen LogP contribution in [0.5, 0.6) is 0 Å². The van der Waals surface area contributed by atoms with Crippen LogP contribution < -0.4 is 5.43 Å². The number of nitrogens with zero attached hydrogens (tertiary/aromatic N) is 2. The minimum atomic E-state index is -0.382. The molecule has 98 valence electrons. The van der Waals surface area contributed by atoms with Crippen molar-refractivity contribution in [2.75, 3.05) is 0 Å². The number of aromatic nitrogens is 1. The minimum absolute atomic E-state index is 0.291. The Kier molecular flexibility index (Phi) is 4.24. The van der Waals surface area contributed by atoms with Crippen LogP contribution in [0.25, 0.3) is 0 Å². The Hall–Kier alpha value is -1.78. The Morgan fingerprint density at radius 1 is 1.37 bits per heavy atom. The number of benzene rings is 1. The topological polar surface area (TPSA) is 46.4 Å². The minimum Gasteiger partial charge on any atom is -0.350 e. The van der Waals surface area contributed by atoms with E-state index in [9.17, 15) is 4.79 Å². The summed E-state index contributed by atoms with van der Waals surface area (Å²) in [6.07, 6.45) is 3.45. The van der Waals surface area contributed by atoms with Crippen molar-refractivity contribution < 1.29 is 4.79 Å². The number of aryl methyl sites for hydroxylation is 1. The highest BCUT2D eigenvalue weighted by Crippen LogP contribution is 2.20. The maximum atomic E-state index is 11.8. The number of carbonyl (C=O) groups excluding carboxylic acids is 1. The van der Waals surface area contributed by atoms with Gasteiger partial charge in [0, 0.05) is 18.3 Å². The molecule has 4 nitrogen and oxygen atoms in total. The summed E-state index contributed by atoms with van der Waals surface area (Å²) in [5, 5.41) is 4.65. The fourth-order valence-corrected chi connectivity index (χ4v) is 1.99. The van der Waals surface area contributed by atoms with Crippen molar-refractivity contribution in [1.82, 2.24) is 9.99 Å². The Morgan fingerprint density at radius 3 is 2.79 bits per heavy atom. The first kappa shape index (κ1) is 13.6. The van der Waals surface area contributed by atoms with Crippen LogP contribution in [0.3, 0.4) is 0 Å². The van der Waals surface area contributed by atoms with Crippen LogP contribution in [0.15, 0.2) is 41.6 Å². The van der Waals surface area contributed by atoms with Gasteiger partial charge in [0.05, 0.1) is 22.5 Å². The van der Waals surface area contributed by atoms with Gasteiger partial charge in [0.25, 0.3) is 5.91 Å². The highest BCUT2D eigenvalue weighted by atomic mass is 35.5. The van der Waals surface area contributed by atoms with Gasteiger partial charge in [-0.05, 0) is 30.3 Å². The number of carbonyl (C=O) groups is 1. The monoisotopic (exact) mass is 295 g/mol. The molecule has 0 aliphatic rings. The maximum Gasteiger partial charge on any atom is 0.272 e. The summed E-state index contributed by atoms with van der Waals surface area (Å²) in [6, 6.07) is 8.43. The van der Waals surface area contributed by atoms with Crippen LogP contribution in [0.2, 0.25) is 10.0 Å². The molecule has 6 heteroatoms. The van der Waals surface area contributed by atoms with Crippen molar-refractivity contribution in [3.8, 4) is 0 Å². The first-order valence-electron chi connectivity index (χ1n) is 5.47. The van der Waals surface area contributed by atoms with Gasteiger partial charge in [-0.15, -0.1) is 0 Å². The van der Waals surface area contributed by atoms with E-state index in [1.54, 1.807) is 18.3 Å². The summed E-state index contributed by atoms with van der Waals surface area (Å²) in [6.45, 7) is 0. The predicted molar refractivity (Wildman–Crippen MR) is 76.9 cm³/mol. The van der Waals surface area contributed by atoms with E-state index in [0.29, 0.717) is 15.6 Å². The summed E-state index contributed by atoms with van der Waals surface area (Å²) in [4.78, 5) is 11.8. The van der Waals surface area contributed by atoms with Gasteiger partial charge in [0.15, 0.2) is 0 Å². The lowest BCUT2D eigenvalue weighted by molar-refractivity contribution is 0.0955. The van der Waals surface area contributed by atoms with Gasteiger partial charge in [0.2, 0.25) is 0 Å². The van der Waals surface area contributed by atoms with Gasteiger partial charge in [-0.2, -0.15) is 5.10 Å². The van der Waals surface area contributed by atoms with E-state index in [-0.39, 0.29) is 5.91 Å². The summed E-state index contributed by atoms with van der Waals surface area (Å²) in [5.74, 6) is -0.382. The van der Waals surface area contributed by atoms with Crippen molar-refractivity contribution in [2.45, 2.75) is 0 Å². The van der Waals surface area contributed by atoms with E-state index in [4.69, 9.17) is 23.2 Å². The fraction of sp³-hybridized carbons (Fsp3) is 0.0769. The lowest BCUT2D eigenvalue weighted by Gasteiger charge is -2.03. The third kappa shape index (κ3) is 3.36. The van der Waals surface area contributed by atoms with Crippen LogP contribution in [0.4, 0.5) is 0 Å². The Morgan fingerprint density at radius 2 is 2.16 bits per heavy atom. The molecule has 0 aliphatic heterocycles. The summed E-state index contributed by atoms with van der Waals surface area (Å²) in [5.41, 5.74) is 3.62. The first-order chi connectivity index (χ1) is 9.08. The van der Waals surface area contributed by atoms with Crippen molar-refractivity contribution in [1.29, 1.82) is 0 Å². The molecular formula is C13H11Cl2N3O. The van der Waals surface area contributed by atoms with E-state index in [1.165, 1.54) is 6.07 Å². The molecule has 1 heterocycles. The highest BCUT2D eigenvalue weighted by Gasteiger charge is 2.09. The molecule has 0 fully saturated rings. The molecular weight excluding hydrogens is 285 g/mol. The maximum absolute atomic E-state index is 11.8. The van der Waals surface area contributed by atoms with Gasteiger partial charge in [-0.1, -0.05) is 23.2 Å². The SMILES string of the molecule is Cn1cccc1/C=N\NC(=O)c1ccc(Cl)cc1Cl. The van der Waals surface area contributed by atoms with Crippen LogP contribution in [-0.2, 0) is 7.05 Å². The number of halogens is 2. The van der Waals surface area contributed by atoms with E-state index in [0.717, 1.165) is 5.69 Å². The largest absolute Gasteiger partial charge is 0.350 e. The highest BCUT2D eigenvalue weighted by molar-refractivity contribution is 6.36. The fourth-order valence-electron chi connectivity index (χ4n) is 1.50. The number of amides is 1. The average molecular weight is 296 g/mol. The van der Waals surface area contributed by atoms with Gasteiger partial charge < -0.3 is 4.57 Å². The standard InChI is InChI=1S/C13H11Cl2N3O/c1-18-6-2-3-10(18)8-16-17-13(19)11-5-4-9(14)7-12(11)15/h2-8H,1H3,(H,17,19)/b16-8-. The molecule has 19 heavy (non-hydrogen) atoms. The second-order valence-electron chi connectivity index (χ2n) is 3.87. The molecule has 0 atom stereocenters. The molecule has 0 spiro atoms. The number of hydrogen-bond donors (Lipinski definition) is 1. The van der Waals surface area contributed by atoms with Crippen LogP contribution in [-0.4, -0.2) is 16.7 Å². The van der Waals surface area contributed by atoms with Gasteiger partial charge in [0.1, 0.15) is 0 Å². The molecule has 1 aromatic heterocycles. The molecule has 0 aliphatic carbocycles. The molecule has 1 aromatic carbocycles. The zero-order chi connectivity index (χ0) is 13.8. The molecule has 0 radical (unpaired) electrons. The van der Waals surface area contributed by atoms with E-state index < -0.39 is 0 Å². The summed E-state index contributed by atoms with van der Waals surface area (Å²) >= 11 is 11.7. The molecule has 0 saturated carbocycles. The molecule has 1 N–H and O–H groups in total. The lowest BCUT2D eigenvalue weighted by Crippen LogP contribution is -2.18. The zero-order valence-corrected chi connectivity index (χ0v) is 11.6. The smallest absolute Gasteiger partial charge is 0.272 e. The third-order valence-electron chi connectivity index (χ3n) is 2.52. The van der Waals surface area contributed by atoms with E-state index in [1.807, 2.05) is 29.9 Å². The molecule has 1 amide bonds. The summed E-state index contributed by atoms with van der Waals surface area (Å²) in [7, 11) is 1.89. The first-order valence-corrected chi connectivity index (χ1v) is 6.23. The normalized spacial score (nSPS) is 10.9. The van der Waals surface area contributed by atoms with E-state index in [2.05, 4.69) is 10.5 Å². The molecule has 0 bridgehead atoms. The second-order valence-corrected chi connectivity index (χ2v) is 4.71. The van der Waals surface area contributed by atoms with Gasteiger partial charge in [-0.25, -0.2) is 5.43 Å². The Bertz CT molecular complexity index is 635. The summed E-state index contributed by atoms with van der Waals surface area (Å²) < 4.78 is 1.88. The number of rotatable bonds is 3. The molecule has 0 saturated heterocycles. The number of hydrazone groups is 1. The van der Waals surface area contributed by atoms with E-state index >= 15 is 0 Å². The Balaban J connectivity index is 2.06. The van der Waals surface area contributed by atoms with Crippen molar-refractivity contribution in [3.05, 3.63) is 57.8 Å². The lowest BCUT2D eigenvalue weighted by atomic mass is 10.2. The molecule has 2 aromatic rings. The average Bonchev–Trinajstić information content (AvgIpc) is 2.75. The number of nitrogens with one attached hydrogen (secondary N) is 1. The molecule has 2 rings (SSSR count). The second kappa shape index (κ2) is 5.91. The van der Waals surface area contributed by atoms with Crippen LogP contribution in [0, 0.1) is 0 Å². The zero-order valence-electron chi connectivity index (χ0n) is 10.1. The van der Waals surface area contributed by atoms with Crippen LogP contribution in [0.1, 0.15) is 16.1 Å². The van der Waals surface area contributed by atoms with Gasteiger partial charge in [-0.3, -0.25) is 4.79 Å². The Labute approximate surface area is 120 Å². The quantitative estimate of drug-likeness (QED) is 0.686. The number of hydrogen-bond acceptors (Lipinski definition) is 2. The third-order valence-corrected chi connectivity index (χ3v) is 3.07.